The van der Waals surface area contributed by atoms with E-state index in [9.17, 15) is 0 Å². The molecule has 58 valence electrons. The van der Waals surface area contributed by atoms with Crippen LogP contribution in [-0.4, -0.2) is 13.1 Å². The molecule has 9 heavy (non-hydrogen) atoms. The van der Waals surface area contributed by atoms with Crippen LogP contribution < -0.4 is 5.32 Å². The summed E-state index contributed by atoms with van der Waals surface area (Å²) in [4.78, 5) is 0. The summed E-state index contributed by atoms with van der Waals surface area (Å²) in [5.74, 6) is 0.773. The second-order valence-electron chi connectivity index (χ2n) is 2.93. The zero-order valence-corrected chi connectivity index (χ0v) is 7.07. The normalized spacial score (nSPS) is 14.3. The number of hydrogen-bond donors (Lipinski definition) is 1. The highest BCUT2D eigenvalue weighted by Gasteiger charge is 2.07. The molecule has 0 aliphatic heterocycles. The summed E-state index contributed by atoms with van der Waals surface area (Å²) in [6, 6.07) is 0.718. The Kier molecular flexibility index (Phi) is 4.78. The zero-order valence-electron chi connectivity index (χ0n) is 7.07. The van der Waals surface area contributed by atoms with E-state index >= 15 is 0 Å². The molecule has 0 radical (unpaired) electrons. The maximum atomic E-state index is 3.30. The van der Waals surface area contributed by atoms with Gasteiger partial charge in [-0.1, -0.05) is 27.2 Å². The molecule has 1 N–H and O–H groups in total. The molecule has 0 rings (SSSR count). The molecule has 0 spiro atoms. The summed E-state index contributed by atoms with van der Waals surface area (Å²) >= 11 is 0. The van der Waals surface area contributed by atoms with E-state index in [1.165, 1.54) is 12.8 Å². The van der Waals surface area contributed by atoms with Crippen LogP contribution in [0, 0.1) is 5.92 Å². The maximum Gasteiger partial charge on any atom is 0.00869 e. The molecular formula is C8H21N. The molecule has 1 atom stereocenters. The summed E-state index contributed by atoms with van der Waals surface area (Å²) in [6.45, 7) is 6.75. The fourth-order valence-corrected chi connectivity index (χ4v) is 1.12. The van der Waals surface area contributed by atoms with Crippen molar-refractivity contribution < 1.29 is 1.43 Å². The molecule has 0 heterocycles. The van der Waals surface area contributed by atoms with Gasteiger partial charge >= 0.3 is 0 Å². The molecular weight excluding hydrogens is 110 g/mol. The van der Waals surface area contributed by atoms with Crippen LogP contribution in [0.5, 0.6) is 0 Å². The minimum atomic E-state index is 0. The van der Waals surface area contributed by atoms with Crippen molar-refractivity contribution in [2.24, 2.45) is 5.92 Å². The second-order valence-corrected chi connectivity index (χ2v) is 2.93. The predicted octanol–water partition coefficient (Wildman–Crippen LogP) is 2.28. The van der Waals surface area contributed by atoms with Crippen LogP contribution in [0.3, 0.4) is 0 Å². The van der Waals surface area contributed by atoms with Crippen molar-refractivity contribution in [2.75, 3.05) is 7.05 Å². The highest BCUT2D eigenvalue weighted by Crippen LogP contribution is 2.06. The van der Waals surface area contributed by atoms with Gasteiger partial charge < -0.3 is 5.32 Å². The molecule has 1 unspecified atom stereocenters. The van der Waals surface area contributed by atoms with Gasteiger partial charge in [-0.05, 0) is 19.4 Å². The van der Waals surface area contributed by atoms with Gasteiger partial charge in [-0.15, -0.1) is 0 Å². The summed E-state index contributed by atoms with van der Waals surface area (Å²) in [5.41, 5.74) is 0. The first kappa shape index (κ1) is 8.96. The Morgan fingerprint density at radius 2 is 2.00 bits per heavy atom. The van der Waals surface area contributed by atoms with E-state index in [1.54, 1.807) is 0 Å². The second kappa shape index (κ2) is 4.80. The molecule has 0 aromatic carbocycles. The van der Waals surface area contributed by atoms with Crippen molar-refractivity contribution in [2.45, 2.75) is 39.7 Å². The van der Waals surface area contributed by atoms with Crippen LogP contribution in [-0.2, 0) is 0 Å². The van der Waals surface area contributed by atoms with Crippen molar-refractivity contribution in [1.82, 2.24) is 5.32 Å². The molecule has 0 saturated carbocycles. The van der Waals surface area contributed by atoms with Gasteiger partial charge in [-0.2, -0.15) is 0 Å². The Labute approximate surface area is 60.3 Å². The van der Waals surface area contributed by atoms with Crippen molar-refractivity contribution in [1.29, 1.82) is 0 Å². The van der Waals surface area contributed by atoms with Gasteiger partial charge in [-0.3, -0.25) is 0 Å². The first-order valence-electron chi connectivity index (χ1n) is 3.89. The van der Waals surface area contributed by atoms with E-state index in [0.717, 1.165) is 12.0 Å². The largest absolute Gasteiger partial charge is 0.317 e. The van der Waals surface area contributed by atoms with Gasteiger partial charge in [0.15, 0.2) is 0 Å². The minimum Gasteiger partial charge on any atom is -0.317 e. The van der Waals surface area contributed by atoms with Gasteiger partial charge in [0.2, 0.25) is 0 Å². The van der Waals surface area contributed by atoms with E-state index in [2.05, 4.69) is 26.1 Å². The van der Waals surface area contributed by atoms with Crippen LogP contribution in [0.1, 0.15) is 35.0 Å². The molecule has 0 aliphatic carbocycles. The van der Waals surface area contributed by atoms with E-state index in [-0.39, 0.29) is 1.43 Å². The molecule has 0 amide bonds. The summed E-state index contributed by atoms with van der Waals surface area (Å²) < 4.78 is 0. The molecule has 0 bridgehead atoms. The third-order valence-corrected chi connectivity index (χ3v) is 1.78. The van der Waals surface area contributed by atoms with Crippen molar-refractivity contribution in [3.05, 3.63) is 0 Å². The van der Waals surface area contributed by atoms with Gasteiger partial charge in [0, 0.05) is 7.47 Å². The lowest BCUT2D eigenvalue weighted by Gasteiger charge is -2.18. The SMILES string of the molecule is CCCC(NC)C(C)C.[HH]. The Balaban J connectivity index is 0. The first-order chi connectivity index (χ1) is 4.22. The third-order valence-electron chi connectivity index (χ3n) is 1.78. The van der Waals surface area contributed by atoms with Gasteiger partial charge in [0.25, 0.3) is 0 Å². The smallest absolute Gasteiger partial charge is 0.00869 e. The Bertz CT molecular complexity index is 64.3. The lowest BCUT2D eigenvalue weighted by atomic mass is 10.0. The monoisotopic (exact) mass is 131 g/mol. The van der Waals surface area contributed by atoms with E-state index < -0.39 is 0 Å². The molecule has 1 heteroatoms. The summed E-state index contributed by atoms with van der Waals surface area (Å²) in [6.07, 6.45) is 2.58. The highest BCUT2D eigenvalue weighted by atomic mass is 14.9. The molecule has 0 fully saturated rings. The van der Waals surface area contributed by atoms with Gasteiger partial charge in [0.1, 0.15) is 0 Å². The fraction of sp³-hybridized carbons (Fsp3) is 1.00. The van der Waals surface area contributed by atoms with Crippen LogP contribution in [0.4, 0.5) is 0 Å². The Hall–Kier alpha value is -0.0400. The highest BCUT2D eigenvalue weighted by molar-refractivity contribution is 4.66. The van der Waals surface area contributed by atoms with Crippen molar-refractivity contribution in [3.63, 3.8) is 0 Å². The topological polar surface area (TPSA) is 12.0 Å². The standard InChI is InChI=1S/C8H19N.H2/c1-5-6-8(9-4)7(2)3;/h7-9H,5-6H2,1-4H3;1H. The van der Waals surface area contributed by atoms with E-state index in [4.69, 9.17) is 0 Å². The van der Waals surface area contributed by atoms with Crippen molar-refractivity contribution in [3.8, 4) is 0 Å². The van der Waals surface area contributed by atoms with Crippen LogP contribution in [0.2, 0.25) is 0 Å². The van der Waals surface area contributed by atoms with E-state index in [1.807, 2.05) is 7.05 Å². The maximum absolute atomic E-state index is 3.30. The zero-order chi connectivity index (χ0) is 7.28. The Morgan fingerprint density at radius 1 is 1.44 bits per heavy atom. The number of nitrogens with one attached hydrogen (secondary N) is 1. The Morgan fingerprint density at radius 3 is 2.11 bits per heavy atom. The van der Waals surface area contributed by atoms with Gasteiger partial charge in [0.05, 0.1) is 0 Å². The first-order valence-corrected chi connectivity index (χ1v) is 3.89. The van der Waals surface area contributed by atoms with Gasteiger partial charge in [-0.25, -0.2) is 0 Å². The fourth-order valence-electron chi connectivity index (χ4n) is 1.12. The number of hydrogen-bond acceptors (Lipinski definition) is 1. The molecule has 1 nitrogen and oxygen atoms in total. The third kappa shape index (κ3) is 3.52. The van der Waals surface area contributed by atoms with E-state index in [0.29, 0.717) is 0 Å². The average Bonchev–Trinajstić information content (AvgIpc) is 1.82. The van der Waals surface area contributed by atoms with Crippen LogP contribution in [0.15, 0.2) is 0 Å². The lowest BCUT2D eigenvalue weighted by molar-refractivity contribution is 0.399. The van der Waals surface area contributed by atoms with Crippen molar-refractivity contribution >= 4 is 0 Å². The molecule has 0 aliphatic rings. The lowest BCUT2D eigenvalue weighted by Crippen LogP contribution is -2.30. The molecule has 0 saturated heterocycles. The quantitative estimate of drug-likeness (QED) is 0.617. The molecule has 0 aromatic rings. The summed E-state index contributed by atoms with van der Waals surface area (Å²) in [5, 5.41) is 3.30. The molecule has 0 aromatic heterocycles. The van der Waals surface area contributed by atoms with Crippen LogP contribution in [0.25, 0.3) is 0 Å². The minimum absolute atomic E-state index is 0. The predicted molar refractivity (Wildman–Crippen MR) is 44.7 cm³/mol. The number of rotatable bonds is 4. The van der Waals surface area contributed by atoms with Crippen LogP contribution >= 0.6 is 0 Å². The average molecular weight is 131 g/mol. The summed E-state index contributed by atoms with van der Waals surface area (Å²) in [7, 11) is 2.04.